The van der Waals surface area contributed by atoms with Crippen LogP contribution in [0, 0.1) is 0 Å². The molecule has 0 aromatic heterocycles. The molecule has 1 fully saturated rings. The molecular weight excluding hydrogens is 301 g/mol. The van der Waals surface area contributed by atoms with E-state index in [4.69, 9.17) is 0 Å². The maximum absolute atomic E-state index is 12.8. The second-order valence-corrected chi connectivity index (χ2v) is 6.09. The molecule has 1 aliphatic heterocycles. The van der Waals surface area contributed by atoms with Crippen LogP contribution in [0.4, 0.5) is 18.9 Å². The number of hydrogen-bond acceptors (Lipinski definition) is 3. The summed E-state index contributed by atoms with van der Waals surface area (Å²) in [4.78, 5) is 12.2. The predicted molar refractivity (Wildman–Crippen MR) is 78.8 cm³/mol. The number of halogens is 3. The van der Waals surface area contributed by atoms with Crippen molar-refractivity contribution in [3.63, 3.8) is 0 Å². The zero-order valence-corrected chi connectivity index (χ0v) is 12.4. The molecule has 2 N–H and O–H groups in total. The van der Waals surface area contributed by atoms with Crippen molar-refractivity contribution in [3.8, 4) is 0 Å². The van der Waals surface area contributed by atoms with Crippen molar-refractivity contribution in [3.05, 3.63) is 29.3 Å². The first kappa shape index (κ1) is 16.0. The summed E-state index contributed by atoms with van der Waals surface area (Å²) in [6, 6.07) is 3.20. The lowest BCUT2D eigenvalue weighted by molar-refractivity contribution is -0.137. The quantitative estimate of drug-likeness (QED) is 0.898. The summed E-state index contributed by atoms with van der Waals surface area (Å²) in [7, 11) is 1.58. The van der Waals surface area contributed by atoms with Crippen LogP contribution < -0.4 is 10.6 Å². The third-order valence-corrected chi connectivity index (χ3v) is 4.47. The highest BCUT2D eigenvalue weighted by atomic mass is 32.2. The van der Waals surface area contributed by atoms with Crippen LogP contribution in [0.5, 0.6) is 0 Å². The van der Waals surface area contributed by atoms with Crippen LogP contribution in [0.2, 0.25) is 0 Å². The van der Waals surface area contributed by atoms with E-state index in [1.165, 1.54) is 6.07 Å². The summed E-state index contributed by atoms with van der Waals surface area (Å²) >= 11 is 1.82. The van der Waals surface area contributed by atoms with Gasteiger partial charge < -0.3 is 10.6 Å². The maximum atomic E-state index is 12.8. The number of hydrogen-bond donors (Lipinski definition) is 2. The van der Waals surface area contributed by atoms with Crippen LogP contribution in [-0.2, 0) is 6.18 Å². The van der Waals surface area contributed by atoms with Gasteiger partial charge in [-0.2, -0.15) is 24.9 Å². The molecule has 1 amide bonds. The number of alkyl halides is 3. The molecular formula is C14H17F3N2OS. The van der Waals surface area contributed by atoms with Gasteiger partial charge in [-0.25, -0.2) is 0 Å². The van der Waals surface area contributed by atoms with Crippen molar-refractivity contribution in [2.24, 2.45) is 0 Å². The molecule has 0 radical (unpaired) electrons. The Hall–Kier alpha value is -1.37. The monoisotopic (exact) mass is 318 g/mol. The summed E-state index contributed by atoms with van der Waals surface area (Å²) in [5, 5.41) is 5.59. The van der Waals surface area contributed by atoms with E-state index in [9.17, 15) is 18.0 Å². The number of amides is 1. The molecule has 2 rings (SSSR count). The third-order valence-electron chi connectivity index (χ3n) is 3.42. The molecule has 3 nitrogen and oxygen atoms in total. The Kier molecular flexibility index (Phi) is 5.03. The van der Waals surface area contributed by atoms with Gasteiger partial charge in [0, 0.05) is 18.8 Å². The lowest BCUT2D eigenvalue weighted by Gasteiger charge is -2.23. The Labute approximate surface area is 125 Å². The highest BCUT2D eigenvalue weighted by Crippen LogP contribution is 2.32. The van der Waals surface area contributed by atoms with Gasteiger partial charge in [0.25, 0.3) is 5.91 Å². The molecule has 21 heavy (non-hydrogen) atoms. The zero-order valence-electron chi connectivity index (χ0n) is 11.6. The van der Waals surface area contributed by atoms with Crippen molar-refractivity contribution in [2.45, 2.75) is 25.1 Å². The summed E-state index contributed by atoms with van der Waals surface area (Å²) < 4.78 is 38.3. The lowest BCUT2D eigenvalue weighted by Crippen LogP contribution is -2.37. The van der Waals surface area contributed by atoms with Crippen LogP contribution in [0.3, 0.4) is 0 Å². The Morgan fingerprint density at radius 2 is 1.95 bits per heavy atom. The SMILES string of the molecule is CNc1ccc(C(F)(F)F)cc1C(=O)NC1CCSCC1. The number of benzene rings is 1. The van der Waals surface area contributed by atoms with Gasteiger partial charge in [-0.05, 0) is 42.5 Å². The van der Waals surface area contributed by atoms with Crippen molar-refractivity contribution in [2.75, 3.05) is 23.9 Å². The minimum atomic E-state index is -4.46. The minimum absolute atomic E-state index is 0.0329. The normalized spacial score (nSPS) is 16.6. The van der Waals surface area contributed by atoms with Gasteiger partial charge in [-0.15, -0.1) is 0 Å². The molecule has 0 unspecified atom stereocenters. The van der Waals surface area contributed by atoms with Crippen LogP contribution in [-0.4, -0.2) is 30.5 Å². The van der Waals surface area contributed by atoms with E-state index < -0.39 is 17.6 Å². The smallest absolute Gasteiger partial charge is 0.387 e. The number of thioether (sulfide) groups is 1. The van der Waals surface area contributed by atoms with E-state index in [1.54, 1.807) is 7.05 Å². The molecule has 116 valence electrons. The maximum Gasteiger partial charge on any atom is 0.416 e. The highest BCUT2D eigenvalue weighted by molar-refractivity contribution is 7.99. The first-order valence-electron chi connectivity index (χ1n) is 6.69. The second-order valence-electron chi connectivity index (χ2n) is 4.87. The molecule has 1 aromatic rings. The second kappa shape index (κ2) is 6.60. The van der Waals surface area contributed by atoms with Crippen molar-refractivity contribution in [1.82, 2.24) is 5.32 Å². The Morgan fingerprint density at radius 1 is 1.29 bits per heavy atom. The summed E-state index contributed by atoms with van der Waals surface area (Å²) in [5.74, 6) is 1.47. The number of carbonyl (C=O) groups is 1. The average Bonchev–Trinajstić information content (AvgIpc) is 2.46. The first-order chi connectivity index (χ1) is 9.91. The van der Waals surface area contributed by atoms with Crippen LogP contribution in [0.25, 0.3) is 0 Å². The van der Waals surface area contributed by atoms with E-state index in [1.807, 2.05) is 11.8 Å². The molecule has 0 saturated carbocycles. The lowest BCUT2D eigenvalue weighted by atomic mass is 10.1. The van der Waals surface area contributed by atoms with Crippen LogP contribution in [0.1, 0.15) is 28.8 Å². The van der Waals surface area contributed by atoms with Gasteiger partial charge in [0.15, 0.2) is 0 Å². The Bertz CT molecular complexity index is 513. The third kappa shape index (κ3) is 4.06. The molecule has 1 saturated heterocycles. The molecule has 0 aliphatic carbocycles. The summed E-state index contributed by atoms with van der Waals surface area (Å²) in [5.41, 5.74) is -0.387. The van der Waals surface area contributed by atoms with E-state index in [2.05, 4.69) is 10.6 Å². The van der Waals surface area contributed by atoms with Crippen LogP contribution >= 0.6 is 11.8 Å². The van der Waals surface area contributed by atoms with E-state index in [-0.39, 0.29) is 11.6 Å². The van der Waals surface area contributed by atoms with Crippen molar-refractivity contribution < 1.29 is 18.0 Å². The van der Waals surface area contributed by atoms with Crippen molar-refractivity contribution in [1.29, 1.82) is 0 Å². The number of anilines is 1. The predicted octanol–water partition coefficient (Wildman–Crippen LogP) is 3.37. The Morgan fingerprint density at radius 3 is 2.52 bits per heavy atom. The van der Waals surface area contributed by atoms with Gasteiger partial charge in [0.1, 0.15) is 0 Å². The largest absolute Gasteiger partial charge is 0.416 e. The standard InChI is InChI=1S/C14H17F3N2OS/c1-18-12-3-2-9(14(15,16)17)8-11(12)13(20)19-10-4-6-21-7-5-10/h2-3,8,10,18H,4-7H2,1H3,(H,19,20). The van der Waals surface area contributed by atoms with E-state index in [0.717, 1.165) is 36.5 Å². The van der Waals surface area contributed by atoms with E-state index in [0.29, 0.717) is 5.69 Å². The fraction of sp³-hybridized carbons (Fsp3) is 0.500. The van der Waals surface area contributed by atoms with Gasteiger partial charge in [0.05, 0.1) is 11.1 Å². The fourth-order valence-corrected chi connectivity index (χ4v) is 3.34. The molecule has 0 atom stereocenters. The fourth-order valence-electron chi connectivity index (χ4n) is 2.23. The Balaban J connectivity index is 2.21. The zero-order chi connectivity index (χ0) is 15.5. The number of nitrogens with one attached hydrogen (secondary N) is 2. The van der Waals surface area contributed by atoms with Crippen LogP contribution in [0.15, 0.2) is 18.2 Å². The topological polar surface area (TPSA) is 41.1 Å². The summed E-state index contributed by atoms with van der Waals surface area (Å²) in [6.45, 7) is 0. The van der Waals surface area contributed by atoms with Gasteiger partial charge in [0.2, 0.25) is 0 Å². The highest BCUT2D eigenvalue weighted by Gasteiger charge is 2.32. The molecule has 7 heteroatoms. The van der Waals surface area contributed by atoms with Gasteiger partial charge in [-0.1, -0.05) is 0 Å². The molecule has 1 heterocycles. The molecule has 1 aliphatic rings. The first-order valence-corrected chi connectivity index (χ1v) is 7.85. The van der Waals surface area contributed by atoms with Crippen molar-refractivity contribution >= 4 is 23.4 Å². The number of rotatable bonds is 3. The summed E-state index contributed by atoms with van der Waals surface area (Å²) in [6.07, 6.45) is -2.75. The molecule has 0 bridgehead atoms. The molecule has 1 aromatic carbocycles. The number of carbonyl (C=O) groups excluding carboxylic acids is 1. The van der Waals surface area contributed by atoms with Gasteiger partial charge in [-0.3, -0.25) is 4.79 Å². The molecule has 0 spiro atoms. The minimum Gasteiger partial charge on any atom is -0.387 e. The van der Waals surface area contributed by atoms with E-state index >= 15 is 0 Å². The van der Waals surface area contributed by atoms with Gasteiger partial charge >= 0.3 is 6.18 Å². The average molecular weight is 318 g/mol.